The minimum atomic E-state index is -0.000229. The van der Waals surface area contributed by atoms with Crippen molar-refractivity contribution in [1.82, 2.24) is 9.88 Å². The number of thiazole rings is 1. The van der Waals surface area contributed by atoms with Crippen molar-refractivity contribution in [3.63, 3.8) is 0 Å². The van der Waals surface area contributed by atoms with Crippen molar-refractivity contribution >= 4 is 33.2 Å². The molecule has 0 bridgehead atoms. The maximum absolute atomic E-state index is 12.6. The van der Waals surface area contributed by atoms with Crippen molar-refractivity contribution in [2.45, 2.75) is 44.9 Å². The first-order chi connectivity index (χ1) is 15.1. The predicted molar refractivity (Wildman–Crippen MR) is 124 cm³/mol. The molecule has 1 saturated heterocycles. The monoisotopic (exact) mass is 436 g/mol. The number of Topliss-reactive ketones (excluding diaryl/α,β-unsaturated/α-hetero) is 1. The highest BCUT2D eigenvalue weighted by atomic mass is 32.1. The van der Waals surface area contributed by atoms with Crippen LogP contribution >= 0.6 is 11.3 Å². The normalized spacial score (nSPS) is 14.7. The first-order valence-corrected chi connectivity index (χ1v) is 11.8. The zero-order valence-corrected chi connectivity index (χ0v) is 18.7. The zero-order chi connectivity index (χ0) is 21.6. The van der Waals surface area contributed by atoms with E-state index in [9.17, 15) is 9.59 Å². The quantitative estimate of drug-likeness (QED) is 0.440. The number of hydrogen-bond donors (Lipinski definition) is 0. The van der Waals surface area contributed by atoms with Gasteiger partial charge >= 0.3 is 0 Å². The van der Waals surface area contributed by atoms with Gasteiger partial charge in [0, 0.05) is 37.4 Å². The standard InChI is InChI=1S/C25H28N2O3S/c1-2-17-30-20-9-7-18(8-10-20)22(28)11-12-24(29)27-15-13-19(14-16-27)25-26-21-5-3-4-6-23(21)31-25/h3-10,19H,2,11-17H2,1H3. The number of piperidine rings is 1. The number of nitrogens with zero attached hydrogens (tertiary/aromatic N) is 2. The van der Waals surface area contributed by atoms with E-state index in [1.54, 1.807) is 23.5 Å². The number of ether oxygens (including phenoxy) is 1. The van der Waals surface area contributed by atoms with Crippen LogP contribution in [0.2, 0.25) is 0 Å². The maximum atomic E-state index is 12.6. The van der Waals surface area contributed by atoms with E-state index in [-0.39, 0.29) is 24.5 Å². The van der Waals surface area contributed by atoms with E-state index in [2.05, 4.69) is 19.1 Å². The second-order valence-corrected chi connectivity index (χ2v) is 9.03. The predicted octanol–water partition coefficient (Wildman–Crippen LogP) is 5.45. The third-order valence-electron chi connectivity index (χ3n) is 5.72. The number of benzene rings is 2. The van der Waals surface area contributed by atoms with E-state index in [0.717, 1.165) is 43.6 Å². The third-order valence-corrected chi connectivity index (χ3v) is 6.92. The van der Waals surface area contributed by atoms with Gasteiger partial charge in [0.2, 0.25) is 5.91 Å². The molecule has 1 fully saturated rings. The van der Waals surface area contributed by atoms with Crippen LogP contribution in [0.3, 0.4) is 0 Å². The number of para-hydroxylation sites is 1. The summed E-state index contributed by atoms with van der Waals surface area (Å²) in [6, 6.07) is 15.4. The molecule has 1 aliphatic heterocycles. The number of ketones is 1. The lowest BCUT2D eigenvalue weighted by molar-refractivity contribution is -0.132. The Morgan fingerprint density at radius 3 is 2.52 bits per heavy atom. The van der Waals surface area contributed by atoms with Crippen molar-refractivity contribution in [3.8, 4) is 5.75 Å². The highest BCUT2D eigenvalue weighted by Crippen LogP contribution is 2.34. The molecular weight excluding hydrogens is 408 g/mol. The van der Waals surface area contributed by atoms with E-state index < -0.39 is 0 Å². The van der Waals surface area contributed by atoms with Gasteiger partial charge in [-0.05, 0) is 55.7 Å². The average molecular weight is 437 g/mol. The van der Waals surface area contributed by atoms with E-state index in [1.165, 1.54) is 9.71 Å². The van der Waals surface area contributed by atoms with Crippen molar-refractivity contribution < 1.29 is 14.3 Å². The largest absolute Gasteiger partial charge is 0.494 e. The van der Waals surface area contributed by atoms with Gasteiger partial charge < -0.3 is 9.64 Å². The summed E-state index contributed by atoms with van der Waals surface area (Å²) >= 11 is 1.76. The number of rotatable bonds is 8. The van der Waals surface area contributed by atoms with Crippen LogP contribution in [0, 0.1) is 0 Å². The van der Waals surface area contributed by atoms with Gasteiger partial charge in [0.05, 0.1) is 21.8 Å². The van der Waals surface area contributed by atoms with Crippen LogP contribution in [-0.4, -0.2) is 41.3 Å². The van der Waals surface area contributed by atoms with Gasteiger partial charge in [0.15, 0.2) is 5.78 Å². The molecule has 0 unspecified atom stereocenters. The van der Waals surface area contributed by atoms with Gasteiger partial charge in [-0.2, -0.15) is 0 Å². The van der Waals surface area contributed by atoms with E-state index in [0.29, 0.717) is 18.1 Å². The number of likely N-dealkylation sites (tertiary alicyclic amines) is 1. The second-order valence-electron chi connectivity index (χ2n) is 7.97. The fraction of sp³-hybridized carbons (Fsp3) is 0.400. The Bertz CT molecular complexity index is 1000. The van der Waals surface area contributed by atoms with Crippen molar-refractivity contribution in [2.75, 3.05) is 19.7 Å². The Kier molecular flexibility index (Phi) is 6.97. The van der Waals surface area contributed by atoms with Gasteiger partial charge in [-0.3, -0.25) is 9.59 Å². The lowest BCUT2D eigenvalue weighted by Gasteiger charge is -2.31. The molecule has 31 heavy (non-hydrogen) atoms. The van der Waals surface area contributed by atoms with Crippen molar-refractivity contribution in [2.24, 2.45) is 0 Å². The summed E-state index contributed by atoms with van der Waals surface area (Å²) in [7, 11) is 0. The highest BCUT2D eigenvalue weighted by Gasteiger charge is 2.26. The second kappa shape index (κ2) is 10.1. The van der Waals surface area contributed by atoms with E-state index in [1.807, 2.05) is 29.2 Å². The summed E-state index contributed by atoms with van der Waals surface area (Å²) in [5.74, 6) is 1.25. The molecular formula is C25H28N2O3S. The molecule has 3 aromatic rings. The molecule has 0 saturated carbocycles. The Balaban J connectivity index is 1.24. The molecule has 0 radical (unpaired) electrons. The van der Waals surface area contributed by atoms with Crippen molar-refractivity contribution in [3.05, 3.63) is 59.1 Å². The minimum absolute atomic E-state index is 0.000229. The lowest BCUT2D eigenvalue weighted by Crippen LogP contribution is -2.38. The number of amides is 1. The smallest absolute Gasteiger partial charge is 0.223 e. The molecule has 0 aliphatic carbocycles. The Labute approximate surface area is 187 Å². The maximum Gasteiger partial charge on any atom is 0.223 e. The minimum Gasteiger partial charge on any atom is -0.494 e. The van der Waals surface area contributed by atoms with Crippen LogP contribution in [0.25, 0.3) is 10.2 Å². The molecule has 0 N–H and O–H groups in total. The first kappa shape index (κ1) is 21.5. The van der Waals surface area contributed by atoms with Gasteiger partial charge in [0.25, 0.3) is 0 Å². The van der Waals surface area contributed by atoms with Crippen LogP contribution in [0.1, 0.15) is 60.3 Å². The fourth-order valence-electron chi connectivity index (χ4n) is 3.92. The molecule has 1 aromatic heterocycles. The fourth-order valence-corrected chi connectivity index (χ4v) is 5.06. The lowest BCUT2D eigenvalue weighted by atomic mass is 9.97. The zero-order valence-electron chi connectivity index (χ0n) is 17.9. The summed E-state index contributed by atoms with van der Waals surface area (Å²) in [5.41, 5.74) is 1.69. The van der Waals surface area contributed by atoms with Crippen LogP contribution in [-0.2, 0) is 4.79 Å². The third kappa shape index (κ3) is 5.31. The molecule has 5 nitrogen and oxygen atoms in total. The molecule has 0 atom stereocenters. The molecule has 1 amide bonds. The number of fused-ring (bicyclic) bond motifs is 1. The average Bonchev–Trinajstić information content (AvgIpc) is 3.26. The molecule has 6 heteroatoms. The number of aromatic nitrogens is 1. The molecule has 2 aromatic carbocycles. The van der Waals surface area contributed by atoms with E-state index in [4.69, 9.17) is 9.72 Å². The summed E-state index contributed by atoms with van der Waals surface area (Å²) in [6.07, 6.45) is 3.31. The number of hydrogen-bond acceptors (Lipinski definition) is 5. The summed E-state index contributed by atoms with van der Waals surface area (Å²) < 4.78 is 6.77. The van der Waals surface area contributed by atoms with Gasteiger partial charge in [-0.15, -0.1) is 11.3 Å². The summed E-state index contributed by atoms with van der Waals surface area (Å²) in [6.45, 7) is 4.18. The van der Waals surface area contributed by atoms with Crippen LogP contribution < -0.4 is 4.74 Å². The summed E-state index contributed by atoms with van der Waals surface area (Å²) in [4.78, 5) is 31.8. The molecule has 162 valence electrons. The number of carbonyl (C=O) groups is 2. The van der Waals surface area contributed by atoms with Crippen LogP contribution in [0.5, 0.6) is 5.75 Å². The Morgan fingerprint density at radius 1 is 1.06 bits per heavy atom. The van der Waals surface area contributed by atoms with Crippen LogP contribution in [0.15, 0.2) is 48.5 Å². The SMILES string of the molecule is CCCOc1ccc(C(=O)CCC(=O)N2CCC(c3nc4ccccc4s3)CC2)cc1. The molecule has 1 aliphatic rings. The van der Waals surface area contributed by atoms with Crippen LogP contribution in [0.4, 0.5) is 0 Å². The van der Waals surface area contributed by atoms with E-state index >= 15 is 0 Å². The number of carbonyl (C=O) groups excluding carboxylic acids is 2. The molecule has 0 spiro atoms. The molecule has 4 rings (SSSR count). The first-order valence-electron chi connectivity index (χ1n) is 11.0. The van der Waals surface area contributed by atoms with Gasteiger partial charge in [-0.25, -0.2) is 4.98 Å². The summed E-state index contributed by atoms with van der Waals surface area (Å²) in [5, 5.41) is 1.18. The topological polar surface area (TPSA) is 59.5 Å². The van der Waals surface area contributed by atoms with Crippen molar-refractivity contribution in [1.29, 1.82) is 0 Å². The Hall–Kier alpha value is -2.73. The Morgan fingerprint density at radius 2 is 1.81 bits per heavy atom. The van der Waals surface area contributed by atoms with Gasteiger partial charge in [0.1, 0.15) is 5.75 Å². The highest BCUT2D eigenvalue weighted by molar-refractivity contribution is 7.18. The van der Waals surface area contributed by atoms with Gasteiger partial charge in [-0.1, -0.05) is 19.1 Å². The molecule has 2 heterocycles.